The molecule has 0 aromatic carbocycles. The Bertz CT molecular complexity index is 185. The van der Waals surface area contributed by atoms with Gasteiger partial charge in [-0.25, -0.2) is 0 Å². The Balaban J connectivity index is 4.27. The maximum absolute atomic E-state index is 4.26. The summed E-state index contributed by atoms with van der Waals surface area (Å²) < 4.78 is 0. The number of hydrogen-bond acceptors (Lipinski definition) is 1. The fourth-order valence-corrected chi connectivity index (χ4v) is 0.701. The summed E-state index contributed by atoms with van der Waals surface area (Å²) in [6, 6.07) is 0. The molecule has 0 saturated carbocycles. The number of hydrogen-bond donors (Lipinski definition) is 0. The molecular formula is C10H17N. The molecule has 11 heavy (non-hydrogen) atoms. The van der Waals surface area contributed by atoms with E-state index in [4.69, 9.17) is 0 Å². The Hall–Kier alpha value is -0.850. The third kappa shape index (κ3) is 4.54. The van der Waals surface area contributed by atoms with Gasteiger partial charge in [-0.15, -0.1) is 0 Å². The number of allylic oxidation sites excluding steroid dienone is 4. The van der Waals surface area contributed by atoms with E-state index in [0.717, 1.165) is 12.1 Å². The molecule has 0 atom stereocenters. The molecule has 0 spiro atoms. The number of aliphatic imine (C=N–C) groups is 1. The van der Waals surface area contributed by atoms with Crippen LogP contribution < -0.4 is 0 Å². The van der Waals surface area contributed by atoms with Crippen molar-refractivity contribution in [2.24, 2.45) is 4.99 Å². The van der Waals surface area contributed by atoms with E-state index in [1.165, 1.54) is 5.57 Å². The molecule has 0 aromatic heterocycles. The average Bonchev–Trinajstić information content (AvgIpc) is 2.00. The zero-order valence-electron chi connectivity index (χ0n) is 7.89. The molecular weight excluding hydrogens is 134 g/mol. The molecule has 1 nitrogen and oxygen atoms in total. The Labute approximate surface area is 69.5 Å². The van der Waals surface area contributed by atoms with Gasteiger partial charge in [0, 0.05) is 11.9 Å². The van der Waals surface area contributed by atoms with Gasteiger partial charge in [-0.3, -0.25) is 4.99 Å². The second kappa shape index (κ2) is 5.90. The molecule has 0 bridgehead atoms. The van der Waals surface area contributed by atoms with Crippen molar-refractivity contribution >= 4 is 6.21 Å². The van der Waals surface area contributed by atoms with E-state index in [1.54, 1.807) is 0 Å². The van der Waals surface area contributed by atoms with Crippen LogP contribution in [-0.4, -0.2) is 6.21 Å². The first kappa shape index (κ1) is 10.2. The highest BCUT2D eigenvalue weighted by atomic mass is 14.7. The first-order valence-electron chi connectivity index (χ1n) is 4.05. The molecule has 0 heterocycles. The molecule has 0 aromatic rings. The van der Waals surface area contributed by atoms with Crippen molar-refractivity contribution in [3.63, 3.8) is 0 Å². The maximum atomic E-state index is 4.26. The van der Waals surface area contributed by atoms with Gasteiger partial charge in [0.25, 0.3) is 0 Å². The third-order valence-corrected chi connectivity index (χ3v) is 1.45. The summed E-state index contributed by atoms with van der Waals surface area (Å²) in [5, 5.41) is 0. The first-order valence-corrected chi connectivity index (χ1v) is 4.05. The van der Waals surface area contributed by atoms with Crippen molar-refractivity contribution < 1.29 is 0 Å². The van der Waals surface area contributed by atoms with E-state index in [0.29, 0.717) is 0 Å². The van der Waals surface area contributed by atoms with Crippen molar-refractivity contribution in [1.82, 2.24) is 0 Å². The van der Waals surface area contributed by atoms with E-state index in [9.17, 15) is 0 Å². The predicted octanol–water partition coefficient (Wildman–Crippen LogP) is 3.34. The summed E-state index contributed by atoms with van der Waals surface area (Å²) in [5.74, 6) is 0. The lowest BCUT2D eigenvalue weighted by molar-refractivity contribution is 1.21. The van der Waals surface area contributed by atoms with Crippen molar-refractivity contribution in [2.75, 3.05) is 0 Å². The maximum Gasteiger partial charge on any atom is 0.0397 e. The van der Waals surface area contributed by atoms with Crippen LogP contribution in [0.1, 0.15) is 34.1 Å². The molecule has 0 unspecified atom stereocenters. The van der Waals surface area contributed by atoms with Crippen LogP contribution in [0.15, 0.2) is 28.4 Å². The average molecular weight is 151 g/mol. The second-order valence-corrected chi connectivity index (χ2v) is 2.49. The molecule has 0 amide bonds. The largest absolute Gasteiger partial charge is 0.266 e. The van der Waals surface area contributed by atoms with Gasteiger partial charge in [0.15, 0.2) is 0 Å². The van der Waals surface area contributed by atoms with Gasteiger partial charge < -0.3 is 0 Å². The zero-order valence-corrected chi connectivity index (χ0v) is 7.89. The summed E-state index contributed by atoms with van der Waals surface area (Å²) in [6.07, 6.45) is 7.03. The minimum atomic E-state index is 1.00. The van der Waals surface area contributed by atoms with Crippen molar-refractivity contribution in [2.45, 2.75) is 34.1 Å². The van der Waals surface area contributed by atoms with E-state index < -0.39 is 0 Å². The van der Waals surface area contributed by atoms with Gasteiger partial charge in [-0.2, -0.15) is 0 Å². The molecule has 0 aliphatic rings. The van der Waals surface area contributed by atoms with Gasteiger partial charge in [0.1, 0.15) is 0 Å². The van der Waals surface area contributed by atoms with Crippen molar-refractivity contribution in [1.29, 1.82) is 0 Å². The van der Waals surface area contributed by atoms with Gasteiger partial charge >= 0.3 is 0 Å². The Morgan fingerprint density at radius 1 is 1.36 bits per heavy atom. The molecule has 0 aliphatic heterocycles. The predicted molar refractivity (Wildman–Crippen MR) is 52.0 cm³/mol. The summed E-state index contributed by atoms with van der Waals surface area (Å²) in [4.78, 5) is 4.26. The summed E-state index contributed by atoms with van der Waals surface area (Å²) in [6.45, 7) is 8.20. The Morgan fingerprint density at radius 3 is 2.45 bits per heavy atom. The van der Waals surface area contributed by atoms with Crippen LogP contribution in [0, 0.1) is 0 Å². The topological polar surface area (TPSA) is 12.4 Å². The normalized spacial score (nSPS) is 14.5. The molecule has 0 saturated heterocycles. The fraction of sp³-hybridized carbons (Fsp3) is 0.500. The Kier molecular flexibility index (Phi) is 5.44. The summed E-state index contributed by atoms with van der Waals surface area (Å²) >= 11 is 0. The zero-order chi connectivity index (χ0) is 8.69. The highest BCUT2D eigenvalue weighted by molar-refractivity contribution is 5.58. The van der Waals surface area contributed by atoms with Crippen LogP contribution in [0.25, 0.3) is 0 Å². The van der Waals surface area contributed by atoms with E-state index >= 15 is 0 Å². The summed E-state index contributed by atoms with van der Waals surface area (Å²) in [7, 11) is 0. The molecule has 1 heteroatoms. The summed E-state index contributed by atoms with van der Waals surface area (Å²) in [5.41, 5.74) is 2.34. The molecule has 0 N–H and O–H groups in total. The van der Waals surface area contributed by atoms with Gasteiger partial charge in [0.2, 0.25) is 0 Å². The first-order chi connectivity index (χ1) is 5.22. The van der Waals surface area contributed by atoms with Crippen LogP contribution >= 0.6 is 0 Å². The number of nitrogens with zero attached hydrogens (tertiary/aromatic N) is 1. The monoisotopic (exact) mass is 151 g/mol. The third-order valence-electron chi connectivity index (χ3n) is 1.45. The highest BCUT2D eigenvalue weighted by Crippen LogP contribution is 2.05. The standard InChI is InChI=1S/C10H17N/c1-5-7-9(3)10(4)11-8-6-2/h5,7-8H,6H2,1-4H3/b7-5-,10-9-,11-8?. The quantitative estimate of drug-likeness (QED) is 0.433. The van der Waals surface area contributed by atoms with Crippen LogP contribution in [0.3, 0.4) is 0 Å². The van der Waals surface area contributed by atoms with Gasteiger partial charge in [0.05, 0.1) is 0 Å². The minimum absolute atomic E-state index is 1.00. The van der Waals surface area contributed by atoms with E-state index in [1.807, 2.05) is 26.1 Å². The second-order valence-electron chi connectivity index (χ2n) is 2.49. The minimum Gasteiger partial charge on any atom is -0.266 e. The SMILES string of the molecule is C/C=C\C(C)=C(\C)N=CCC. The van der Waals surface area contributed by atoms with Crippen LogP contribution in [-0.2, 0) is 0 Å². The lowest BCUT2D eigenvalue weighted by atomic mass is 10.2. The van der Waals surface area contributed by atoms with E-state index in [-0.39, 0.29) is 0 Å². The van der Waals surface area contributed by atoms with Crippen LogP contribution in [0.5, 0.6) is 0 Å². The lowest BCUT2D eigenvalue weighted by Crippen LogP contribution is -1.77. The van der Waals surface area contributed by atoms with Gasteiger partial charge in [-0.05, 0) is 32.8 Å². The molecule has 0 fully saturated rings. The molecule has 0 radical (unpaired) electrons. The number of rotatable bonds is 3. The molecule has 0 aliphatic carbocycles. The van der Waals surface area contributed by atoms with Crippen molar-refractivity contribution in [3.8, 4) is 0 Å². The smallest absolute Gasteiger partial charge is 0.0397 e. The van der Waals surface area contributed by atoms with Crippen molar-refractivity contribution in [3.05, 3.63) is 23.4 Å². The van der Waals surface area contributed by atoms with E-state index in [2.05, 4.69) is 24.9 Å². The Morgan fingerprint density at radius 2 is 2.00 bits per heavy atom. The molecule has 0 rings (SSSR count). The highest BCUT2D eigenvalue weighted by Gasteiger charge is 1.86. The molecule has 62 valence electrons. The lowest BCUT2D eigenvalue weighted by Gasteiger charge is -1.95. The fourth-order valence-electron chi connectivity index (χ4n) is 0.701. The van der Waals surface area contributed by atoms with Gasteiger partial charge in [-0.1, -0.05) is 19.1 Å². The van der Waals surface area contributed by atoms with Crippen LogP contribution in [0.2, 0.25) is 0 Å². The van der Waals surface area contributed by atoms with Crippen LogP contribution in [0.4, 0.5) is 0 Å².